The lowest BCUT2D eigenvalue weighted by molar-refractivity contribution is -0.150. The number of hydrogen-bond donors (Lipinski definition) is 0. The minimum Gasteiger partial charge on any atom is -0.387 e. The van der Waals surface area contributed by atoms with Gasteiger partial charge in [0.1, 0.15) is 6.54 Å². The number of aromatic nitrogens is 2. The van der Waals surface area contributed by atoms with E-state index in [0.717, 1.165) is 35.2 Å². The number of amides is 1. The van der Waals surface area contributed by atoms with Crippen LogP contribution in [0.2, 0.25) is 0 Å². The van der Waals surface area contributed by atoms with Crippen LogP contribution in [0.1, 0.15) is 25.7 Å². The van der Waals surface area contributed by atoms with E-state index in [1.807, 2.05) is 22.4 Å². The van der Waals surface area contributed by atoms with Crippen LogP contribution < -0.4 is 5.76 Å². The molecule has 2 aromatic heterocycles. The molecule has 0 spiro atoms. The molecule has 1 saturated heterocycles. The summed E-state index contributed by atoms with van der Waals surface area (Å²) in [6.07, 6.45) is 4.36. The van der Waals surface area contributed by atoms with E-state index in [2.05, 4.69) is 5.10 Å². The highest BCUT2D eigenvalue weighted by atomic mass is 32.1. The average molecular weight is 349 g/mol. The van der Waals surface area contributed by atoms with Crippen LogP contribution in [0.15, 0.2) is 26.7 Å². The number of thiophene rings is 1. The van der Waals surface area contributed by atoms with Crippen LogP contribution in [-0.4, -0.2) is 45.9 Å². The first-order chi connectivity index (χ1) is 11.7. The Kier molecular flexibility index (Phi) is 4.24. The normalized spacial score (nSPS) is 23.9. The van der Waals surface area contributed by atoms with Crippen molar-refractivity contribution in [2.75, 3.05) is 13.2 Å². The van der Waals surface area contributed by atoms with Crippen molar-refractivity contribution in [2.24, 2.45) is 0 Å². The molecule has 8 heteroatoms. The summed E-state index contributed by atoms with van der Waals surface area (Å²) in [6.45, 7) is 1.04. The smallest absolute Gasteiger partial charge is 0.387 e. The fourth-order valence-electron chi connectivity index (χ4n) is 3.53. The number of carbonyl (C=O) groups excluding carboxylic acids is 1. The van der Waals surface area contributed by atoms with Gasteiger partial charge in [-0.15, -0.1) is 16.4 Å². The zero-order valence-electron chi connectivity index (χ0n) is 13.2. The molecule has 2 aromatic rings. The first kappa shape index (κ1) is 15.6. The van der Waals surface area contributed by atoms with Crippen molar-refractivity contribution in [1.82, 2.24) is 14.7 Å². The minimum absolute atomic E-state index is 0.0864. The molecule has 4 rings (SSSR count). The summed E-state index contributed by atoms with van der Waals surface area (Å²) < 4.78 is 12.1. The van der Waals surface area contributed by atoms with Gasteiger partial charge in [0, 0.05) is 6.54 Å². The zero-order valence-corrected chi connectivity index (χ0v) is 14.0. The van der Waals surface area contributed by atoms with Crippen LogP contribution in [0.25, 0.3) is 10.8 Å². The van der Waals surface area contributed by atoms with Gasteiger partial charge in [-0.05, 0) is 24.3 Å². The highest BCUT2D eigenvalue weighted by molar-refractivity contribution is 7.13. The van der Waals surface area contributed by atoms with E-state index in [0.29, 0.717) is 13.2 Å². The van der Waals surface area contributed by atoms with Gasteiger partial charge in [0.05, 0.1) is 23.6 Å². The van der Waals surface area contributed by atoms with Gasteiger partial charge in [-0.25, -0.2) is 4.79 Å². The van der Waals surface area contributed by atoms with E-state index >= 15 is 0 Å². The quantitative estimate of drug-likeness (QED) is 0.843. The molecule has 0 unspecified atom stereocenters. The fourth-order valence-corrected chi connectivity index (χ4v) is 4.18. The second-order valence-corrected chi connectivity index (χ2v) is 7.10. The monoisotopic (exact) mass is 349 g/mol. The Balaban J connectivity index is 1.50. The lowest BCUT2D eigenvalue weighted by Gasteiger charge is -2.43. The molecule has 7 nitrogen and oxygen atoms in total. The maximum atomic E-state index is 12.7. The molecule has 0 aromatic carbocycles. The van der Waals surface area contributed by atoms with E-state index in [1.54, 1.807) is 0 Å². The summed E-state index contributed by atoms with van der Waals surface area (Å²) in [5.74, 6) is -0.427. The number of fused-ring (bicyclic) bond motifs is 1. The van der Waals surface area contributed by atoms with E-state index < -0.39 is 5.76 Å². The number of hydrogen-bond acceptors (Lipinski definition) is 6. The Labute approximate surface area is 142 Å². The van der Waals surface area contributed by atoms with Gasteiger partial charge >= 0.3 is 5.76 Å². The lowest BCUT2D eigenvalue weighted by Crippen LogP contribution is -2.55. The van der Waals surface area contributed by atoms with Crippen LogP contribution in [0, 0.1) is 0 Å². The van der Waals surface area contributed by atoms with E-state index in [-0.39, 0.29) is 30.5 Å². The van der Waals surface area contributed by atoms with Gasteiger partial charge in [0.2, 0.25) is 5.91 Å². The van der Waals surface area contributed by atoms with Crippen molar-refractivity contribution in [2.45, 2.75) is 44.4 Å². The molecule has 2 fully saturated rings. The molecule has 24 heavy (non-hydrogen) atoms. The minimum atomic E-state index is -0.597. The molecular formula is C16H19N3O4S. The third kappa shape index (κ3) is 2.91. The first-order valence-electron chi connectivity index (χ1n) is 8.25. The summed E-state index contributed by atoms with van der Waals surface area (Å²) in [4.78, 5) is 27.3. The number of carbonyl (C=O) groups is 1. The number of ether oxygens (including phenoxy) is 1. The molecule has 2 atom stereocenters. The molecule has 2 aliphatic rings. The molecule has 3 heterocycles. The van der Waals surface area contributed by atoms with Crippen LogP contribution in [0.5, 0.6) is 0 Å². The molecule has 128 valence electrons. The van der Waals surface area contributed by atoms with Gasteiger partial charge in [-0.3, -0.25) is 4.79 Å². The molecule has 1 aliphatic carbocycles. The molecule has 0 radical (unpaired) electrons. The molecular weight excluding hydrogens is 330 g/mol. The largest absolute Gasteiger partial charge is 0.437 e. The lowest BCUT2D eigenvalue weighted by atomic mass is 9.90. The van der Waals surface area contributed by atoms with E-state index in [1.165, 1.54) is 11.3 Å². The molecule has 1 aliphatic heterocycles. The summed E-state index contributed by atoms with van der Waals surface area (Å²) in [7, 11) is 0. The SMILES string of the molecule is O=C(Cn1nc(-c2cccs2)oc1=O)N1CCO[C@H]2CCCC[C@H]21. The summed E-state index contributed by atoms with van der Waals surface area (Å²) in [6, 6.07) is 3.82. The maximum absolute atomic E-state index is 12.7. The van der Waals surface area contributed by atoms with Crippen LogP contribution in [0.4, 0.5) is 0 Å². The van der Waals surface area contributed by atoms with Gasteiger partial charge in [0.25, 0.3) is 5.89 Å². The Morgan fingerprint density at radius 3 is 3.08 bits per heavy atom. The van der Waals surface area contributed by atoms with Crippen molar-refractivity contribution in [3.63, 3.8) is 0 Å². The summed E-state index contributed by atoms with van der Waals surface area (Å²) in [5, 5.41) is 6.05. The Morgan fingerprint density at radius 1 is 1.38 bits per heavy atom. The van der Waals surface area contributed by atoms with E-state index in [4.69, 9.17) is 9.15 Å². The van der Waals surface area contributed by atoms with Gasteiger partial charge in [-0.2, -0.15) is 4.68 Å². The van der Waals surface area contributed by atoms with Crippen molar-refractivity contribution < 1.29 is 13.9 Å². The van der Waals surface area contributed by atoms with Crippen LogP contribution >= 0.6 is 11.3 Å². The third-order valence-electron chi connectivity index (χ3n) is 4.68. The predicted molar refractivity (Wildman–Crippen MR) is 87.8 cm³/mol. The van der Waals surface area contributed by atoms with E-state index in [9.17, 15) is 9.59 Å². The first-order valence-corrected chi connectivity index (χ1v) is 9.13. The average Bonchev–Trinajstić information content (AvgIpc) is 3.25. The Hall–Kier alpha value is -1.93. The van der Waals surface area contributed by atoms with Gasteiger partial charge < -0.3 is 14.1 Å². The number of nitrogens with zero attached hydrogens (tertiary/aromatic N) is 3. The maximum Gasteiger partial charge on any atom is 0.437 e. The highest BCUT2D eigenvalue weighted by Gasteiger charge is 2.36. The molecule has 0 N–H and O–H groups in total. The zero-order chi connectivity index (χ0) is 16.5. The predicted octanol–water partition coefficient (Wildman–Crippen LogP) is 1.73. The van der Waals surface area contributed by atoms with Gasteiger partial charge in [0.15, 0.2) is 0 Å². The van der Waals surface area contributed by atoms with Crippen molar-refractivity contribution in [3.05, 3.63) is 28.1 Å². The van der Waals surface area contributed by atoms with Crippen molar-refractivity contribution in [1.29, 1.82) is 0 Å². The highest BCUT2D eigenvalue weighted by Crippen LogP contribution is 2.28. The van der Waals surface area contributed by atoms with Gasteiger partial charge in [-0.1, -0.05) is 18.9 Å². The van der Waals surface area contributed by atoms with Crippen molar-refractivity contribution >= 4 is 17.2 Å². The topological polar surface area (TPSA) is 77.6 Å². The van der Waals surface area contributed by atoms with Crippen LogP contribution in [0.3, 0.4) is 0 Å². The second-order valence-electron chi connectivity index (χ2n) is 6.16. The Bertz CT molecular complexity index is 765. The van der Waals surface area contributed by atoms with Crippen molar-refractivity contribution in [3.8, 4) is 10.8 Å². The number of morpholine rings is 1. The third-order valence-corrected chi connectivity index (χ3v) is 5.53. The molecule has 1 saturated carbocycles. The second kappa shape index (κ2) is 6.52. The van der Waals surface area contributed by atoms with Crippen LogP contribution in [-0.2, 0) is 16.1 Å². The Morgan fingerprint density at radius 2 is 2.25 bits per heavy atom. The summed E-state index contributed by atoms with van der Waals surface area (Å²) >= 11 is 1.44. The molecule has 0 bridgehead atoms. The fraction of sp³-hybridized carbons (Fsp3) is 0.562. The number of rotatable bonds is 3. The summed E-state index contributed by atoms with van der Waals surface area (Å²) in [5.41, 5.74) is 0. The molecule has 1 amide bonds. The standard InChI is InChI=1S/C16H19N3O4S/c20-14(18-7-8-22-12-5-2-1-4-11(12)18)10-19-16(21)23-15(17-19)13-6-3-9-24-13/h3,6,9,11-12H,1-2,4-5,7-8,10H2/t11-,12+/m1/s1.